The third-order valence-corrected chi connectivity index (χ3v) is 8.65. The lowest BCUT2D eigenvalue weighted by molar-refractivity contribution is -0.139. The standard InChI is InChI=1S/C26H26BrCl2N3O4S/c1-3-30-26(34)18(2)31(16-19-9-7-10-20(27)15-19)24(33)17-32(23-14-8-13-22(28)25(23)29)37(35,36)21-11-5-4-6-12-21/h4-15,18H,3,16-17H2,1-2H3,(H,30,34)/t18-/m1/s1. The minimum atomic E-state index is -4.22. The molecule has 37 heavy (non-hydrogen) atoms. The van der Waals surface area contributed by atoms with Gasteiger partial charge >= 0.3 is 0 Å². The highest BCUT2D eigenvalue weighted by Gasteiger charge is 2.33. The number of hydrogen-bond donors (Lipinski definition) is 1. The zero-order valence-corrected chi connectivity index (χ0v) is 24.1. The maximum Gasteiger partial charge on any atom is 0.264 e. The molecule has 0 aliphatic rings. The summed E-state index contributed by atoms with van der Waals surface area (Å²) < 4.78 is 29.2. The molecule has 11 heteroatoms. The molecule has 0 saturated heterocycles. The van der Waals surface area contributed by atoms with Gasteiger partial charge in [-0.2, -0.15) is 0 Å². The summed E-state index contributed by atoms with van der Waals surface area (Å²) in [5.74, 6) is -0.946. The molecule has 0 radical (unpaired) electrons. The van der Waals surface area contributed by atoms with Crippen molar-refractivity contribution in [1.29, 1.82) is 0 Å². The van der Waals surface area contributed by atoms with Crippen molar-refractivity contribution in [1.82, 2.24) is 10.2 Å². The number of amides is 2. The Morgan fingerprint density at radius 3 is 2.32 bits per heavy atom. The lowest BCUT2D eigenvalue weighted by Gasteiger charge is -2.32. The number of anilines is 1. The first-order valence-electron chi connectivity index (χ1n) is 11.4. The van der Waals surface area contributed by atoms with Gasteiger partial charge in [0.2, 0.25) is 11.8 Å². The molecule has 0 unspecified atom stereocenters. The van der Waals surface area contributed by atoms with Crippen molar-refractivity contribution in [2.45, 2.75) is 31.3 Å². The van der Waals surface area contributed by atoms with Crippen LogP contribution >= 0.6 is 39.1 Å². The molecule has 0 saturated carbocycles. The number of sulfonamides is 1. The first kappa shape index (κ1) is 29.0. The summed E-state index contributed by atoms with van der Waals surface area (Å²) in [5.41, 5.74) is 0.816. The molecule has 0 heterocycles. The summed E-state index contributed by atoms with van der Waals surface area (Å²) in [7, 11) is -4.22. The van der Waals surface area contributed by atoms with Crippen LogP contribution in [0.5, 0.6) is 0 Å². The summed E-state index contributed by atoms with van der Waals surface area (Å²) >= 11 is 16.0. The molecule has 0 aliphatic carbocycles. The summed E-state index contributed by atoms with van der Waals surface area (Å²) in [6.45, 7) is 3.24. The number of nitrogens with one attached hydrogen (secondary N) is 1. The second-order valence-corrected chi connectivity index (χ2v) is 11.7. The van der Waals surface area contributed by atoms with Crippen LogP contribution in [0.4, 0.5) is 5.69 Å². The average molecular weight is 627 g/mol. The van der Waals surface area contributed by atoms with Crippen LogP contribution in [-0.4, -0.2) is 44.3 Å². The Kier molecular flexibility index (Phi) is 10.0. The Bertz CT molecular complexity index is 1370. The highest BCUT2D eigenvalue weighted by Crippen LogP contribution is 2.35. The topological polar surface area (TPSA) is 86.8 Å². The van der Waals surface area contributed by atoms with E-state index in [-0.39, 0.29) is 33.1 Å². The van der Waals surface area contributed by atoms with Crippen LogP contribution in [0.2, 0.25) is 10.0 Å². The molecular weight excluding hydrogens is 601 g/mol. The van der Waals surface area contributed by atoms with Gasteiger partial charge in [0.1, 0.15) is 12.6 Å². The number of hydrogen-bond acceptors (Lipinski definition) is 4. The fourth-order valence-corrected chi connectivity index (χ4v) is 6.00. The number of carbonyl (C=O) groups excluding carboxylic acids is 2. The first-order valence-corrected chi connectivity index (χ1v) is 14.4. The van der Waals surface area contributed by atoms with Crippen molar-refractivity contribution in [3.8, 4) is 0 Å². The highest BCUT2D eigenvalue weighted by atomic mass is 79.9. The van der Waals surface area contributed by atoms with Crippen molar-refractivity contribution in [3.63, 3.8) is 0 Å². The maximum atomic E-state index is 13.8. The van der Waals surface area contributed by atoms with E-state index in [1.54, 1.807) is 38.1 Å². The molecule has 1 atom stereocenters. The zero-order valence-electron chi connectivity index (χ0n) is 20.2. The van der Waals surface area contributed by atoms with E-state index in [0.29, 0.717) is 6.54 Å². The quantitative estimate of drug-likeness (QED) is 0.322. The van der Waals surface area contributed by atoms with Crippen LogP contribution in [0.15, 0.2) is 82.2 Å². The van der Waals surface area contributed by atoms with Crippen molar-refractivity contribution >= 4 is 66.7 Å². The number of rotatable bonds is 10. The van der Waals surface area contributed by atoms with Crippen LogP contribution in [-0.2, 0) is 26.2 Å². The number of likely N-dealkylation sites (N-methyl/N-ethyl adjacent to an activating group) is 1. The molecule has 3 aromatic rings. The van der Waals surface area contributed by atoms with Gasteiger partial charge in [-0.3, -0.25) is 13.9 Å². The van der Waals surface area contributed by atoms with Gasteiger partial charge in [0.25, 0.3) is 10.0 Å². The number of halogens is 3. The molecule has 0 aliphatic heterocycles. The van der Waals surface area contributed by atoms with Crippen LogP contribution in [0.25, 0.3) is 0 Å². The number of benzene rings is 3. The third-order valence-electron chi connectivity index (χ3n) is 5.57. The van der Waals surface area contributed by atoms with Crippen molar-refractivity contribution in [2.75, 3.05) is 17.4 Å². The predicted molar refractivity (Wildman–Crippen MR) is 150 cm³/mol. The summed E-state index contributed by atoms with van der Waals surface area (Å²) in [5, 5.41) is 2.86. The van der Waals surface area contributed by atoms with Gasteiger partial charge in [-0.25, -0.2) is 8.42 Å². The van der Waals surface area contributed by atoms with Crippen molar-refractivity contribution in [2.24, 2.45) is 0 Å². The molecule has 0 fully saturated rings. The van der Waals surface area contributed by atoms with Crippen LogP contribution in [0.1, 0.15) is 19.4 Å². The molecule has 3 aromatic carbocycles. The average Bonchev–Trinajstić information content (AvgIpc) is 2.88. The van der Waals surface area contributed by atoms with Crippen LogP contribution in [0, 0.1) is 0 Å². The highest BCUT2D eigenvalue weighted by molar-refractivity contribution is 9.10. The van der Waals surface area contributed by atoms with Gasteiger partial charge in [-0.15, -0.1) is 0 Å². The SMILES string of the molecule is CCNC(=O)[C@@H](C)N(Cc1cccc(Br)c1)C(=O)CN(c1cccc(Cl)c1Cl)S(=O)(=O)c1ccccc1. The largest absolute Gasteiger partial charge is 0.355 e. The van der Waals surface area contributed by atoms with E-state index in [2.05, 4.69) is 21.2 Å². The van der Waals surface area contributed by atoms with E-state index >= 15 is 0 Å². The Morgan fingerprint density at radius 1 is 1.00 bits per heavy atom. The Labute approximate surface area is 235 Å². The van der Waals surface area contributed by atoms with Crippen molar-refractivity contribution < 1.29 is 18.0 Å². The Morgan fingerprint density at radius 2 is 1.68 bits per heavy atom. The minimum Gasteiger partial charge on any atom is -0.355 e. The molecule has 0 bridgehead atoms. The first-order chi connectivity index (χ1) is 17.6. The monoisotopic (exact) mass is 625 g/mol. The van der Waals surface area contributed by atoms with Gasteiger partial charge in [0, 0.05) is 17.6 Å². The van der Waals surface area contributed by atoms with Gasteiger partial charge in [0.05, 0.1) is 20.6 Å². The van der Waals surface area contributed by atoms with E-state index in [4.69, 9.17) is 23.2 Å². The Hall–Kier alpha value is -2.59. The second-order valence-electron chi connectivity index (χ2n) is 8.12. The van der Waals surface area contributed by atoms with Crippen LogP contribution < -0.4 is 9.62 Å². The summed E-state index contributed by atoms with van der Waals surface area (Å²) in [6, 6.07) is 18.7. The lowest BCUT2D eigenvalue weighted by atomic mass is 10.1. The molecule has 0 aromatic heterocycles. The molecule has 1 N–H and O–H groups in total. The van der Waals surface area contributed by atoms with E-state index in [1.165, 1.54) is 29.2 Å². The number of carbonyl (C=O) groups is 2. The minimum absolute atomic E-state index is 0.00760. The molecular formula is C26H26BrCl2N3O4S. The molecule has 0 spiro atoms. The van der Waals surface area contributed by atoms with Crippen molar-refractivity contribution in [3.05, 3.63) is 92.9 Å². The molecule has 196 valence electrons. The third kappa shape index (κ3) is 7.04. The summed E-state index contributed by atoms with van der Waals surface area (Å²) in [6.07, 6.45) is 0. The maximum absolute atomic E-state index is 13.8. The Balaban J connectivity index is 2.07. The predicted octanol–water partition coefficient (Wildman–Crippen LogP) is 5.50. The van der Waals surface area contributed by atoms with E-state index < -0.39 is 28.5 Å². The van der Waals surface area contributed by atoms with E-state index in [1.807, 2.05) is 24.3 Å². The van der Waals surface area contributed by atoms with Crippen LogP contribution in [0.3, 0.4) is 0 Å². The van der Waals surface area contributed by atoms with Gasteiger partial charge in [-0.1, -0.05) is 75.5 Å². The smallest absolute Gasteiger partial charge is 0.264 e. The fraction of sp³-hybridized carbons (Fsp3) is 0.231. The normalized spacial score (nSPS) is 12.0. The lowest BCUT2D eigenvalue weighted by Crippen LogP contribution is -2.51. The van der Waals surface area contributed by atoms with E-state index in [0.717, 1.165) is 14.3 Å². The fourth-order valence-electron chi connectivity index (χ4n) is 3.65. The summed E-state index contributed by atoms with van der Waals surface area (Å²) in [4.78, 5) is 27.9. The van der Waals surface area contributed by atoms with Gasteiger partial charge in [-0.05, 0) is 55.8 Å². The molecule has 3 rings (SSSR count). The number of nitrogens with zero attached hydrogens (tertiary/aromatic N) is 2. The van der Waals surface area contributed by atoms with Gasteiger partial charge in [0.15, 0.2) is 0 Å². The molecule has 2 amide bonds. The zero-order chi connectivity index (χ0) is 27.2. The van der Waals surface area contributed by atoms with E-state index in [9.17, 15) is 18.0 Å². The molecule has 7 nitrogen and oxygen atoms in total. The second kappa shape index (κ2) is 12.8. The van der Waals surface area contributed by atoms with Gasteiger partial charge < -0.3 is 10.2 Å².